The highest BCUT2D eigenvalue weighted by Gasteiger charge is 2.21. The second kappa shape index (κ2) is 6.03. The Bertz CT molecular complexity index is 457. The van der Waals surface area contributed by atoms with Gasteiger partial charge in [-0.2, -0.15) is 0 Å². The van der Waals surface area contributed by atoms with Crippen molar-refractivity contribution in [3.05, 3.63) is 28.5 Å². The van der Waals surface area contributed by atoms with Gasteiger partial charge in [-0.1, -0.05) is 37.6 Å². The van der Waals surface area contributed by atoms with Crippen molar-refractivity contribution in [2.45, 2.75) is 58.4 Å². The molecule has 1 aromatic heterocycles. The van der Waals surface area contributed by atoms with Gasteiger partial charge in [-0.3, -0.25) is 9.09 Å². The lowest BCUT2D eigenvalue weighted by atomic mass is 10.1. The van der Waals surface area contributed by atoms with E-state index in [-0.39, 0.29) is 11.8 Å². The molecule has 0 saturated heterocycles. The number of hydrogen-bond acceptors (Lipinski definition) is 3. The summed E-state index contributed by atoms with van der Waals surface area (Å²) in [6.45, 7) is 4.41. The second-order valence-corrected chi connectivity index (χ2v) is 5.47. The molecule has 1 atom stereocenters. The Balaban J connectivity index is 2.06. The smallest absolute Gasteiger partial charge is 0.296 e. The van der Waals surface area contributed by atoms with Gasteiger partial charge in [0.2, 0.25) is 0 Å². The summed E-state index contributed by atoms with van der Waals surface area (Å²) in [5.74, 6) is 1.21. The fraction of sp³-hybridized carbons (Fsp3) is 0.714. The molecule has 4 nitrogen and oxygen atoms in total. The normalized spacial score (nSPS) is 20.3. The van der Waals surface area contributed by atoms with E-state index in [9.17, 15) is 4.79 Å². The first-order valence-electron chi connectivity index (χ1n) is 6.90. The van der Waals surface area contributed by atoms with Crippen LogP contribution in [0.15, 0.2) is 21.5 Å². The number of fused-ring (bicyclic) bond motifs is 1. The number of allylic oxidation sites excluding steroid dienone is 2. The molecular weight excluding hydrogens is 228 g/mol. The summed E-state index contributed by atoms with van der Waals surface area (Å²) >= 11 is 0. The average Bonchev–Trinajstić information content (AvgIpc) is 2.58. The van der Waals surface area contributed by atoms with Crippen LogP contribution in [0.5, 0.6) is 0 Å². The fourth-order valence-corrected chi connectivity index (χ4v) is 2.45. The van der Waals surface area contributed by atoms with Crippen molar-refractivity contribution in [3.8, 4) is 0 Å². The van der Waals surface area contributed by atoms with Gasteiger partial charge in [0.1, 0.15) is 0 Å². The number of aromatic nitrogens is 2. The van der Waals surface area contributed by atoms with Crippen molar-refractivity contribution in [2.75, 3.05) is 0 Å². The molecule has 0 unspecified atom stereocenters. The topological polar surface area (TPSA) is 48.0 Å². The molecule has 1 aliphatic heterocycles. The monoisotopic (exact) mass is 250 g/mol. The van der Waals surface area contributed by atoms with Gasteiger partial charge in [-0.05, 0) is 31.6 Å². The van der Waals surface area contributed by atoms with Crippen LogP contribution in [0.25, 0.3) is 0 Å². The van der Waals surface area contributed by atoms with Crippen molar-refractivity contribution in [3.63, 3.8) is 0 Å². The van der Waals surface area contributed by atoms with Crippen molar-refractivity contribution < 1.29 is 4.52 Å². The zero-order chi connectivity index (χ0) is 13.0. The first-order valence-corrected chi connectivity index (χ1v) is 6.90. The first-order chi connectivity index (χ1) is 8.68. The van der Waals surface area contributed by atoms with E-state index in [0.717, 1.165) is 44.3 Å². The molecule has 18 heavy (non-hydrogen) atoms. The second-order valence-electron chi connectivity index (χ2n) is 5.47. The van der Waals surface area contributed by atoms with Crippen LogP contribution in [0, 0.1) is 5.92 Å². The summed E-state index contributed by atoms with van der Waals surface area (Å²) in [6.07, 6.45) is 10.6. The molecule has 0 spiro atoms. The summed E-state index contributed by atoms with van der Waals surface area (Å²) < 4.78 is 6.54. The van der Waals surface area contributed by atoms with Gasteiger partial charge >= 0.3 is 5.76 Å². The van der Waals surface area contributed by atoms with E-state index in [1.54, 1.807) is 4.57 Å². The molecule has 100 valence electrons. The SMILES string of the molecule is CC(C)C/C=C/C[C@H]1CCCCc2noc(=O)n21. The Morgan fingerprint density at radius 3 is 3.06 bits per heavy atom. The summed E-state index contributed by atoms with van der Waals surface area (Å²) in [6, 6.07) is 0.227. The van der Waals surface area contributed by atoms with Crippen molar-refractivity contribution in [1.82, 2.24) is 9.72 Å². The number of hydrogen-bond donors (Lipinski definition) is 0. The Labute approximate surface area is 108 Å². The van der Waals surface area contributed by atoms with Crippen LogP contribution in [0.4, 0.5) is 0 Å². The summed E-state index contributed by atoms with van der Waals surface area (Å²) in [5.41, 5.74) is 0. The Morgan fingerprint density at radius 1 is 1.44 bits per heavy atom. The Morgan fingerprint density at radius 2 is 2.28 bits per heavy atom. The molecule has 0 saturated carbocycles. The number of nitrogens with zero attached hydrogens (tertiary/aromatic N) is 2. The van der Waals surface area contributed by atoms with Crippen LogP contribution in [0.1, 0.15) is 57.8 Å². The summed E-state index contributed by atoms with van der Waals surface area (Å²) in [7, 11) is 0. The van der Waals surface area contributed by atoms with Crippen LogP contribution in [0.2, 0.25) is 0 Å². The minimum atomic E-state index is -0.297. The quantitative estimate of drug-likeness (QED) is 0.771. The van der Waals surface area contributed by atoms with Crippen molar-refractivity contribution >= 4 is 0 Å². The molecule has 0 N–H and O–H groups in total. The molecule has 1 aromatic rings. The molecule has 4 heteroatoms. The number of aryl methyl sites for hydroxylation is 1. The fourth-order valence-electron chi connectivity index (χ4n) is 2.45. The van der Waals surface area contributed by atoms with E-state index in [2.05, 4.69) is 31.2 Å². The lowest BCUT2D eigenvalue weighted by Gasteiger charge is -2.13. The van der Waals surface area contributed by atoms with Gasteiger partial charge in [0.05, 0.1) is 0 Å². The standard InChI is InChI=1S/C14H22N2O2/c1-11(2)7-3-4-8-12-9-5-6-10-13-15-18-14(17)16(12)13/h3-4,11-12H,5-10H2,1-2H3/b4-3+/t12-/m0/s1. The molecule has 0 amide bonds. The molecule has 0 aliphatic carbocycles. The van der Waals surface area contributed by atoms with Gasteiger partial charge in [0, 0.05) is 12.5 Å². The Hall–Kier alpha value is -1.32. The van der Waals surface area contributed by atoms with Crippen molar-refractivity contribution in [2.24, 2.45) is 5.92 Å². The van der Waals surface area contributed by atoms with E-state index < -0.39 is 0 Å². The zero-order valence-corrected chi connectivity index (χ0v) is 11.3. The van der Waals surface area contributed by atoms with Gasteiger partial charge in [-0.15, -0.1) is 0 Å². The van der Waals surface area contributed by atoms with Crippen LogP contribution < -0.4 is 5.76 Å². The van der Waals surface area contributed by atoms with Gasteiger partial charge in [0.25, 0.3) is 0 Å². The van der Waals surface area contributed by atoms with Gasteiger partial charge < -0.3 is 0 Å². The third-order valence-electron chi connectivity index (χ3n) is 3.44. The zero-order valence-electron chi connectivity index (χ0n) is 11.3. The van der Waals surface area contributed by atoms with Crippen LogP contribution in [-0.2, 0) is 6.42 Å². The van der Waals surface area contributed by atoms with E-state index in [4.69, 9.17) is 4.52 Å². The maximum absolute atomic E-state index is 11.7. The van der Waals surface area contributed by atoms with E-state index in [1.165, 1.54) is 0 Å². The molecule has 0 fully saturated rings. The van der Waals surface area contributed by atoms with Gasteiger partial charge in [-0.25, -0.2) is 4.79 Å². The summed E-state index contributed by atoms with van der Waals surface area (Å²) in [4.78, 5) is 11.7. The highest BCUT2D eigenvalue weighted by Crippen LogP contribution is 2.24. The maximum Gasteiger partial charge on any atom is 0.441 e. The summed E-state index contributed by atoms with van der Waals surface area (Å²) in [5, 5.41) is 3.87. The molecule has 2 rings (SSSR count). The van der Waals surface area contributed by atoms with Crippen molar-refractivity contribution in [1.29, 1.82) is 0 Å². The highest BCUT2D eigenvalue weighted by atomic mass is 16.5. The largest absolute Gasteiger partial charge is 0.441 e. The highest BCUT2D eigenvalue weighted by molar-refractivity contribution is 4.95. The third kappa shape index (κ3) is 3.12. The lowest BCUT2D eigenvalue weighted by molar-refractivity contribution is 0.353. The molecule has 0 radical (unpaired) electrons. The minimum Gasteiger partial charge on any atom is -0.296 e. The molecule has 1 aliphatic rings. The van der Waals surface area contributed by atoms with E-state index >= 15 is 0 Å². The third-order valence-corrected chi connectivity index (χ3v) is 3.44. The van der Waals surface area contributed by atoms with Crippen LogP contribution in [-0.4, -0.2) is 9.72 Å². The van der Waals surface area contributed by atoms with E-state index in [0.29, 0.717) is 5.92 Å². The van der Waals surface area contributed by atoms with E-state index in [1.807, 2.05) is 0 Å². The minimum absolute atomic E-state index is 0.227. The molecular formula is C14H22N2O2. The lowest BCUT2D eigenvalue weighted by Crippen LogP contribution is -2.21. The first kappa shape index (κ1) is 13.1. The molecule has 0 bridgehead atoms. The average molecular weight is 250 g/mol. The molecule has 2 heterocycles. The van der Waals surface area contributed by atoms with Crippen LogP contribution >= 0.6 is 0 Å². The Kier molecular flexibility index (Phi) is 4.39. The number of rotatable bonds is 4. The molecule has 0 aromatic carbocycles. The maximum atomic E-state index is 11.7. The predicted molar refractivity (Wildman–Crippen MR) is 70.6 cm³/mol. The van der Waals surface area contributed by atoms with Gasteiger partial charge in [0.15, 0.2) is 5.82 Å². The predicted octanol–water partition coefficient (Wildman–Crippen LogP) is 3.10. The van der Waals surface area contributed by atoms with Crippen LogP contribution in [0.3, 0.4) is 0 Å².